The third kappa shape index (κ3) is 4.46. The Kier molecular flexibility index (Phi) is 5.58. The fourth-order valence-electron chi connectivity index (χ4n) is 2.96. The molecule has 29 heavy (non-hydrogen) atoms. The van der Waals surface area contributed by atoms with Gasteiger partial charge in [-0.2, -0.15) is 0 Å². The van der Waals surface area contributed by atoms with Gasteiger partial charge in [0, 0.05) is 21.2 Å². The van der Waals surface area contributed by atoms with Crippen LogP contribution in [0.2, 0.25) is 0 Å². The highest BCUT2D eigenvalue weighted by atomic mass is 79.9. The molecule has 3 aromatic rings. The monoisotopic (exact) mass is 447 g/mol. The summed E-state index contributed by atoms with van der Waals surface area (Å²) in [5, 5.41) is 0. The van der Waals surface area contributed by atoms with Gasteiger partial charge in [0.05, 0.1) is 0 Å². The van der Waals surface area contributed by atoms with E-state index >= 15 is 0 Å². The first kappa shape index (κ1) is 19.2. The smallest absolute Gasteiger partial charge is 0.363 e. The predicted octanol–water partition coefficient (Wildman–Crippen LogP) is 5.68. The number of nitrogens with zero attached hydrogens (tertiary/aromatic N) is 1. The lowest BCUT2D eigenvalue weighted by atomic mass is 10.1. The first-order valence-corrected chi connectivity index (χ1v) is 9.94. The predicted molar refractivity (Wildman–Crippen MR) is 117 cm³/mol. The fraction of sp³-hybridized carbons (Fsp3) is 0.0833. The van der Waals surface area contributed by atoms with Gasteiger partial charge in [-0.25, -0.2) is 9.79 Å². The van der Waals surface area contributed by atoms with E-state index in [4.69, 9.17) is 9.47 Å². The van der Waals surface area contributed by atoms with E-state index in [1.165, 1.54) is 0 Å². The number of cyclic esters (lactones) is 1. The minimum atomic E-state index is -0.470. The van der Waals surface area contributed by atoms with Crippen molar-refractivity contribution < 1.29 is 14.3 Å². The standard InChI is InChI=1S/C24H18BrNO3/c1-16-7-6-10-18(13-16)23-26-21(24(27)29-23)14-17-8-3-5-12-22(17)28-15-19-9-2-4-11-20(19)25/h2-14H,15H2,1H3/b21-14-. The highest BCUT2D eigenvalue weighted by molar-refractivity contribution is 9.10. The van der Waals surface area contributed by atoms with Gasteiger partial charge in [0.15, 0.2) is 5.70 Å². The number of esters is 1. The third-order valence-electron chi connectivity index (χ3n) is 4.44. The molecule has 0 bridgehead atoms. The number of benzene rings is 3. The van der Waals surface area contributed by atoms with Crippen molar-refractivity contribution in [1.82, 2.24) is 0 Å². The molecule has 1 aliphatic rings. The summed E-state index contributed by atoms with van der Waals surface area (Å²) in [6.45, 7) is 2.39. The number of para-hydroxylation sites is 1. The number of hydrogen-bond donors (Lipinski definition) is 0. The van der Waals surface area contributed by atoms with E-state index in [9.17, 15) is 4.79 Å². The van der Waals surface area contributed by atoms with Crippen LogP contribution in [-0.2, 0) is 16.1 Å². The molecule has 0 atom stereocenters. The van der Waals surface area contributed by atoms with Crippen LogP contribution in [0.5, 0.6) is 5.75 Å². The molecule has 4 rings (SSSR count). The van der Waals surface area contributed by atoms with Crippen molar-refractivity contribution in [1.29, 1.82) is 0 Å². The molecule has 0 unspecified atom stereocenters. The van der Waals surface area contributed by atoms with Crippen molar-refractivity contribution in [3.05, 3.63) is 105 Å². The van der Waals surface area contributed by atoms with Gasteiger partial charge >= 0.3 is 5.97 Å². The minimum Gasteiger partial charge on any atom is -0.488 e. The van der Waals surface area contributed by atoms with Crippen molar-refractivity contribution in [3.63, 3.8) is 0 Å². The Bertz CT molecular complexity index is 1130. The number of aryl methyl sites for hydroxylation is 1. The molecule has 5 heteroatoms. The topological polar surface area (TPSA) is 47.9 Å². The second kappa shape index (κ2) is 8.45. The normalized spacial score (nSPS) is 14.6. The van der Waals surface area contributed by atoms with Crippen LogP contribution < -0.4 is 4.74 Å². The summed E-state index contributed by atoms with van der Waals surface area (Å²) in [6, 6.07) is 23.1. The lowest BCUT2D eigenvalue weighted by Gasteiger charge is -2.10. The zero-order valence-corrected chi connectivity index (χ0v) is 17.3. The molecule has 4 nitrogen and oxygen atoms in total. The SMILES string of the molecule is Cc1cccc(C2=N/C(=C\c3ccccc3OCc3ccccc3Br)C(=O)O2)c1. The molecule has 0 aromatic heterocycles. The Morgan fingerprint density at radius 3 is 2.66 bits per heavy atom. The van der Waals surface area contributed by atoms with Crippen molar-refractivity contribution in [2.45, 2.75) is 13.5 Å². The number of carbonyl (C=O) groups is 1. The van der Waals surface area contributed by atoms with Crippen LogP contribution >= 0.6 is 15.9 Å². The largest absolute Gasteiger partial charge is 0.488 e. The summed E-state index contributed by atoms with van der Waals surface area (Å²) < 4.78 is 12.4. The van der Waals surface area contributed by atoms with Gasteiger partial charge in [0.2, 0.25) is 5.90 Å². The van der Waals surface area contributed by atoms with Gasteiger partial charge in [0.25, 0.3) is 0 Å². The van der Waals surface area contributed by atoms with Crippen molar-refractivity contribution in [2.75, 3.05) is 0 Å². The van der Waals surface area contributed by atoms with Gasteiger partial charge in [-0.3, -0.25) is 0 Å². The molecule has 0 N–H and O–H groups in total. The molecular weight excluding hydrogens is 430 g/mol. The average Bonchev–Trinajstić information content (AvgIpc) is 3.09. The van der Waals surface area contributed by atoms with E-state index in [-0.39, 0.29) is 5.70 Å². The summed E-state index contributed by atoms with van der Waals surface area (Å²) in [7, 11) is 0. The van der Waals surface area contributed by atoms with Crippen LogP contribution in [-0.4, -0.2) is 11.9 Å². The molecule has 144 valence electrons. The molecular formula is C24H18BrNO3. The maximum Gasteiger partial charge on any atom is 0.363 e. The molecule has 0 amide bonds. The van der Waals surface area contributed by atoms with Crippen LogP contribution in [0.15, 0.2) is 88.0 Å². The van der Waals surface area contributed by atoms with E-state index < -0.39 is 5.97 Å². The first-order chi connectivity index (χ1) is 14.1. The summed E-state index contributed by atoms with van der Waals surface area (Å²) in [5.41, 5.74) is 3.90. The van der Waals surface area contributed by atoms with E-state index in [1.54, 1.807) is 6.08 Å². The van der Waals surface area contributed by atoms with E-state index in [0.29, 0.717) is 18.3 Å². The summed E-state index contributed by atoms with van der Waals surface area (Å²) in [5.74, 6) is 0.515. The summed E-state index contributed by atoms with van der Waals surface area (Å²) in [6.07, 6.45) is 1.69. The van der Waals surface area contributed by atoms with Crippen LogP contribution in [0.1, 0.15) is 22.3 Å². The Hall–Kier alpha value is -3.18. The zero-order chi connectivity index (χ0) is 20.2. The summed E-state index contributed by atoms with van der Waals surface area (Å²) >= 11 is 3.53. The van der Waals surface area contributed by atoms with Crippen LogP contribution in [0.25, 0.3) is 6.08 Å². The minimum absolute atomic E-state index is 0.249. The van der Waals surface area contributed by atoms with Crippen LogP contribution in [0.3, 0.4) is 0 Å². The number of carbonyl (C=O) groups excluding carboxylic acids is 1. The quantitative estimate of drug-likeness (QED) is 0.373. The van der Waals surface area contributed by atoms with Gasteiger partial charge in [-0.05, 0) is 37.3 Å². The fourth-order valence-corrected chi connectivity index (χ4v) is 3.36. The first-order valence-electron chi connectivity index (χ1n) is 9.15. The number of halogens is 1. The van der Waals surface area contributed by atoms with E-state index in [2.05, 4.69) is 20.9 Å². The lowest BCUT2D eigenvalue weighted by molar-refractivity contribution is -0.129. The molecule has 3 aromatic carbocycles. The Balaban J connectivity index is 1.59. The second-order valence-electron chi connectivity index (χ2n) is 6.62. The molecule has 0 radical (unpaired) electrons. The number of aliphatic imine (C=N–C) groups is 1. The molecule has 0 aliphatic carbocycles. The van der Waals surface area contributed by atoms with E-state index in [0.717, 1.165) is 26.7 Å². The van der Waals surface area contributed by atoms with Crippen LogP contribution in [0.4, 0.5) is 0 Å². The van der Waals surface area contributed by atoms with E-state index in [1.807, 2.05) is 79.7 Å². The van der Waals surface area contributed by atoms with Crippen molar-refractivity contribution >= 4 is 33.9 Å². The molecule has 1 heterocycles. The molecule has 0 saturated heterocycles. The summed E-state index contributed by atoms with van der Waals surface area (Å²) in [4.78, 5) is 16.7. The Morgan fingerprint density at radius 2 is 1.83 bits per heavy atom. The number of hydrogen-bond acceptors (Lipinski definition) is 4. The van der Waals surface area contributed by atoms with Gasteiger partial charge in [-0.1, -0.05) is 70.0 Å². The second-order valence-corrected chi connectivity index (χ2v) is 7.48. The number of rotatable bonds is 5. The Labute approximate surface area is 177 Å². The maximum atomic E-state index is 12.3. The van der Waals surface area contributed by atoms with Crippen molar-refractivity contribution in [2.24, 2.45) is 4.99 Å². The zero-order valence-electron chi connectivity index (χ0n) is 15.8. The highest BCUT2D eigenvalue weighted by Gasteiger charge is 2.24. The number of ether oxygens (including phenoxy) is 2. The maximum absolute atomic E-state index is 12.3. The van der Waals surface area contributed by atoms with Gasteiger partial charge in [-0.15, -0.1) is 0 Å². The van der Waals surface area contributed by atoms with Gasteiger partial charge in [0.1, 0.15) is 12.4 Å². The average molecular weight is 448 g/mol. The van der Waals surface area contributed by atoms with Crippen LogP contribution in [0, 0.1) is 6.92 Å². The third-order valence-corrected chi connectivity index (χ3v) is 5.21. The van der Waals surface area contributed by atoms with Gasteiger partial charge < -0.3 is 9.47 Å². The highest BCUT2D eigenvalue weighted by Crippen LogP contribution is 2.26. The molecule has 0 spiro atoms. The Morgan fingerprint density at radius 1 is 1.03 bits per heavy atom. The molecule has 1 aliphatic heterocycles. The van der Waals surface area contributed by atoms with Crippen molar-refractivity contribution in [3.8, 4) is 5.75 Å². The molecule has 0 saturated carbocycles. The molecule has 0 fully saturated rings. The lowest BCUT2D eigenvalue weighted by Crippen LogP contribution is -2.05.